The maximum absolute atomic E-state index is 11.5. The lowest BCUT2D eigenvalue weighted by molar-refractivity contribution is -0.155. The van der Waals surface area contributed by atoms with E-state index in [0.717, 1.165) is 38.7 Å². The van der Waals surface area contributed by atoms with E-state index in [1.165, 1.54) is 17.6 Å². The molecule has 0 saturated carbocycles. The Balaban J connectivity index is 2.17. The van der Waals surface area contributed by atoms with Gasteiger partial charge in [0, 0.05) is 13.0 Å². The SMILES string of the molecule is C=C(C)C(=O)CCC(C)=CCCC(C)=CCOC1CCCCO1. The first-order chi connectivity index (χ1) is 11.0. The van der Waals surface area contributed by atoms with Crippen LogP contribution in [0.25, 0.3) is 0 Å². The molecule has 0 aromatic heterocycles. The molecule has 0 aromatic rings. The van der Waals surface area contributed by atoms with E-state index in [9.17, 15) is 4.79 Å². The third kappa shape index (κ3) is 9.52. The van der Waals surface area contributed by atoms with Gasteiger partial charge in [0.1, 0.15) is 0 Å². The summed E-state index contributed by atoms with van der Waals surface area (Å²) in [5, 5.41) is 0. The maximum atomic E-state index is 11.5. The van der Waals surface area contributed by atoms with E-state index in [1.54, 1.807) is 6.92 Å². The Hall–Kier alpha value is -1.19. The second-order valence-corrected chi connectivity index (χ2v) is 6.47. The van der Waals surface area contributed by atoms with Gasteiger partial charge in [0.15, 0.2) is 12.1 Å². The highest BCUT2D eigenvalue weighted by atomic mass is 16.7. The van der Waals surface area contributed by atoms with Gasteiger partial charge in [-0.15, -0.1) is 0 Å². The summed E-state index contributed by atoms with van der Waals surface area (Å²) in [5.74, 6) is 0.163. The van der Waals surface area contributed by atoms with E-state index in [-0.39, 0.29) is 12.1 Å². The number of carbonyl (C=O) groups excluding carboxylic acids is 1. The molecule has 1 heterocycles. The zero-order chi connectivity index (χ0) is 17.1. The topological polar surface area (TPSA) is 35.5 Å². The Morgan fingerprint density at radius 3 is 2.52 bits per heavy atom. The average molecular weight is 320 g/mol. The molecule has 1 aliphatic heterocycles. The highest BCUT2D eigenvalue weighted by Gasteiger charge is 2.12. The molecule has 0 aliphatic carbocycles. The molecular formula is C20H32O3. The highest BCUT2D eigenvalue weighted by molar-refractivity contribution is 5.94. The molecule has 1 fully saturated rings. The van der Waals surface area contributed by atoms with Gasteiger partial charge < -0.3 is 9.47 Å². The number of ketones is 1. The van der Waals surface area contributed by atoms with E-state index in [1.807, 2.05) is 0 Å². The summed E-state index contributed by atoms with van der Waals surface area (Å²) in [6.07, 6.45) is 11.2. The number of hydrogen-bond acceptors (Lipinski definition) is 3. The molecule has 1 unspecified atom stereocenters. The molecule has 23 heavy (non-hydrogen) atoms. The maximum Gasteiger partial charge on any atom is 0.158 e. The van der Waals surface area contributed by atoms with Gasteiger partial charge in [-0.3, -0.25) is 4.79 Å². The quantitative estimate of drug-likeness (QED) is 0.413. The smallest absolute Gasteiger partial charge is 0.158 e. The largest absolute Gasteiger partial charge is 0.353 e. The number of hydrogen-bond donors (Lipinski definition) is 0. The number of allylic oxidation sites excluding steroid dienone is 4. The monoisotopic (exact) mass is 320 g/mol. The highest BCUT2D eigenvalue weighted by Crippen LogP contribution is 2.15. The Kier molecular flexibility index (Phi) is 9.81. The van der Waals surface area contributed by atoms with Crippen LogP contribution in [0.15, 0.2) is 35.5 Å². The zero-order valence-electron chi connectivity index (χ0n) is 15.0. The molecule has 0 bridgehead atoms. The van der Waals surface area contributed by atoms with Crippen LogP contribution in [0.4, 0.5) is 0 Å². The van der Waals surface area contributed by atoms with Crippen molar-refractivity contribution in [3.8, 4) is 0 Å². The van der Waals surface area contributed by atoms with E-state index in [0.29, 0.717) is 18.6 Å². The van der Waals surface area contributed by atoms with E-state index < -0.39 is 0 Å². The van der Waals surface area contributed by atoms with Crippen LogP contribution < -0.4 is 0 Å². The van der Waals surface area contributed by atoms with Gasteiger partial charge in [-0.1, -0.05) is 29.9 Å². The third-order valence-electron chi connectivity index (χ3n) is 4.11. The van der Waals surface area contributed by atoms with E-state index in [2.05, 4.69) is 32.6 Å². The summed E-state index contributed by atoms with van der Waals surface area (Å²) in [5.41, 5.74) is 3.26. The zero-order valence-corrected chi connectivity index (χ0v) is 15.0. The molecule has 1 rings (SSSR count). The molecular weight excluding hydrogens is 288 g/mol. The fourth-order valence-electron chi connectivity index (χ4n) is 2.41. The van der Waals surface area contributed by atoms with Crippen LogP contribution in [-0.2, 0) is 14.3 Å². The molecule has 0 spiro atoms. The molecule has 3 nitrogen and oxygen atoms in total. The van der Waals surface area contributed by atoms with Gasteiger partial charge in [-0.05, 0) is 64.9 Å². The van der Waals surface area contributed by atoms with Crippen LogP contribution in [0.3, 0.4) is 0 Å². The molecule has 130 valence electrons. The second kappa shape index (κ2) is 11.4. The fourth-order valence-corrected chi connectivity index (χ4v) is 2.41. The van der Waals surface area contributed by atoms with Crippen LogP contribution in [0.1, 0.15) is 65.7 Å². The Labute approximate surface area is 141 Å². The fraction of sp³-hybridized carbons (Fsp3) is 0.650. The molecule has 0 radical (unpaired) electrons. The molecule has 0 amide bonds. The molecule has 1 saturated heterocycles. The van der Waals surface area contributed by atoms with E-state index in [4.69, 9.17) is 9.47 Å². The van der Waals surface area contributed by atoms with Crippen molar-refractivity contribution in [3.05, 3.63) is 35.5 Å². The van der Waals surface area contributed by atoms with Crippen molar-refractivity contribution < 1.29 is 14.3 Å². The minimum atomic E-state index is -0.0132. The van der Waals surface area contributed by atoms with Crippen LogP contribution in [0.2, 0.25) is 0 Å². The predicted octanol–water partition coefficient (Wildman–Crippen LogP) is 5.13. The van der Waals surface area contributed by atoms with Gasteiger partial charge in [0.2, 0.25) is 0 Å². The van der Waals surface area contributed by atoms with Crippen molar-refractivity contribution in [2.75, 3.05) is 13.2 Å². The molecule has 0 aromatic carbocycles. The summed E-state index contributed by atoms with van der Waals surface area (Å²) in [4.78, 5) is 11.5. The lowest BCUT2D eigenvalue weighted by Gasteiger charge is -2.22. The minimum absolute atomic E-state index is 0.0132. The number of carbonyl (C=O) groups is 1. The minimum Gasteiger partial charge on any atom is -0.353 e. The van der Waals surface area contributed by atoms with Crippen molar-refractivity contribution >= 4 is 5.78 Å². The van der Waals surface area contributed by atoms with E-state index >= 15 is 0 Å². The van der Waals surface area contributed by atoms with Crippen molar-refractivity contribution in [2.24, 2.45) is 0 Å². The second-order valence-electron chi connectivity index (χ2n) is 6.47. The lowest BCUT2D eigenvalue weighted by Crippen LogP contribution is -2.22. The van der Waals surface area contributed by atoms with Crippen LogP contribution in [-0.4, -0.2) is 25.3 Å². The Morgan fingerprint density at radius 1 is 1.13 bits per heavy atom. The predicted molar refractivity (Wildman–Crippen MR) is 95.3 cm³/mol. The van der Waals surface area contributed by atoms with Crippen molar-refractivity contribution in [2.45, 2.75) is 72.0 Å². The summed E-state index contributed by atoms with van der Waals surface area (Å²) in [7, 11) is 0. The van der Waals surface area contributed by atoms with Gasteiger partial charge in [-0.2, -0.15) is 0 Å². The first kappa shape index (κ1) is 19.9. The van der Waals surface area contributed by atoms with Crippen molar-refractivity contribution in [1.29, 1.82) is 0 Å². The molecule has 1 atom stereocenters. The molecule has 3 heteroatoms. The third-order valence-corrected chi connectivity index (χ3v) is 4.11. The summed E-state index contributed by atoms with van der Waals surface area (Å²) in [6, 6.07) is 0. The first-order valence-electron chi connectivity index (χ1n) is 8.72. The van der Waals surface area contributed by atoms with Crippen LogP contribution in [0, 0.1) is 0 Å². The van der Waals surface area contributed by atoms with Gasteiger partial charge in [0.05, 0.1) is 6.61 Å². The van der Waals surface area contributed by atoms with Gasteiger partial charge in [0.25, 0.3) is 0 Å². The standard InChI is InChI=1S/C20H32O3/c1-16(2)19(21)12-11-17(3)8-7-9-18(4)13-15-23-20-10-5-6-14-22-20/h8,13,20H,1,5-7,9-12,14-15H2,2-4H3. The summed E-state index contributed by atoms with van der Waals surface area (Å²) >= 11 is 0. The van der Waals surface area contributed by atoms with Crippen LogP contribution in [0.5, 0.6) is 0 Å². The Morgan fingerprint density at radius 2 is 1.87 bits per heavy atom. The Bertz CT molecular complexity index is 440. The summed E-state index contributed by atoms with van der Waals surface area (Å²) < 4.78 is 11.2. The van der Waals surface area contributed by atoms with Gasteiger partial charge in [-0.25, -0.2) is 0 Å². The van der Waals surface area contributed by atoms with Gasteiger partial charge >= 0.3 is 0 Å². The van der Waals surface area contributed by atoms with Crippen molar-refractivity contribution in [1.82, 2.24) is 0 Å². The average Bonchev–Trinajstić information content (AvgIpc) is 2.53. The summed E-state index contributed by atoms with van der Waals surface area (Å²) in [6.45, 7) is 11.1. The number of rotatable bonds is 10. The lowest BCUT2D eigenvalue weighted by atomic mass is 10.0. The number of Topliss-reactive ketones (excluding diaryl/α,β-unsaturated/α-hetero) is 1. The molecule has 1 aliphatic rings. The first-order valence-corrected chi connectivity index (χ1v) is 8.72. The molecule has 0 N–H and O–H groups in total. The number of ether oxygens (including phenoxy) is 2. The van der Waals surface area contributed by atoms with Crippen LogP contribution >= 0.6 is 0 Å². The van der Waals surface area contributed by atoms with Crippen molar-refractivity contribution in [3.63, 3.8) is 0 Å². The normalized spacial score (nSPS) is 19.7.